The molecule has 0 aromatic heterocycles. The van der Waals surface area contributed by atoms with Gasteiger partial charge in [0.25, 0.3) is 0 Å². The van der Waals surface area contributed by atoms with Gasteiger partial charge in [-0.1, -0.05) is 12.1 Å². The molecule has 148 valence electrons. The van der Waals surface area contributed by atoms with Crippen LogP contribution in [0.25, 0.3) is 0 Å². The molecule has 1 rings (SSSR count). The van der Waals surface area contributed by atoms with Gasteiger partial charge in [0.2, 0.25) is 0 Å². The van der Waals surface area contributed by atoms with Gasteiger partial charge in [-0.05, 0) is 37.5 Å². The van der Waals surface area contributed by atoms with Gasteiger partial charge >= 0.3 is 0 Å². The topological polar surface area (TPSA) is 66.3 Å². The van der Waals surface area contributed by atoms with Crippen molar-refractivity contribution < 1.29 is 14.6 Å². The molecule has 0 atom stereocenters. The first-order chi connectivity index (χ1) is 12.2. The average Bonchev–Trinajstić information content (AvgIpc) is 2.63. The third kappa shape index (κ3) is 8.75. The zero-order valence-electron chi connectivity index (χ0n) is 16.0. The molecule has 1 aromatic carbocycles. The van der Waals surface area contributed by atoms with Gasteiger partial charge in [0, 0.05) is 20.1 Å². The van der Waals surface area contributed by atoms with E-state index in [-0.39, 0.29) is 37.2 Å². The number of allylic oxidation sites excluding steroid dienone is 1. The summed E-state index contributed by atoms with van der Waals surface area (Å²) in [5.41, 5.74) is 1.03. The maximum Gasteiger partial charge on any atom is 0.193 e. The molecule has 0 aliphatic heterocycles. The number of aliphatic imine (C=N–C) groups is 1. The largest absolute Gasteiger partial charge is 0.493 e. The molecule has 6 nitrogen and oxygen atoms in total. The fourth-order valence-corrected chi connectivity index (χ4v) is 2.30. The number of aliphatic hydroxyl groups excluding tert-OH is 1. The van der Waals surface area contributed by atoms with E-state index >= 15 is 0 Å². The van der Waals surface area contributed by atoms with E-state index < -0.39 is 0 Å². The second kappa shape index (κ2) is 14.7. The minimum atomic E-state index is -0.0283. The Morgan fingerprint density at radius 3 is 2.77 bits per heavy atom. The second-order valence-electron chi connectivity index (χ2n) is 5.58. The van der Waals surface area contributed by atoms with Crippen molar-refractivity contribution >= 4 is 29.9 Å². The Morgan fingerprint density at radius 1 is 1.38 bits per heavy atom. The van der Waals surface area contributed by atoms with Crippen molar-refractivity contribution in [1.82, 2.24) is 10.2 Å². The van der Waals surface area contributed by atoms with Crippen LogP contribution in [0.4, 0.5) is 0 Å². The predicted octanol–water partition coefficient (Wildman–Crippen LogP) is 3.05. The summed E-state index contributed by atoms with van der Waals surface area (Å²) in [5.74, 6) is 2.15. The van der Waals surface area contributed by atoms with Crippen molar-refractivity contribution in [2.45, 2.75) is 26.3 Å². The number of aliphatic hydroxyl groups is 1. The van der Waals surface area contributed by atoms with E-state index in [4.69, 9.17) is 19.6 Å². The van der Waals surface area contributed by atoms with Crippen molar-refractivity contribution in [2.24, 2.45) is 4.99 Å². The fraction of sp³-hybridized carbons (Fsp3) is 0.526. The Kier molecular flexibility index (Phi) is 13.8. The van der Waals surface area contributed by atoms with E-state index in [9.17, 15) is 0 Å². The highest BCUT2D eigenvalue weighted by molar-refractivity contribution is 14.0. The van der Waals surface area contributed by atoms with Crippen LogP contribution in [-0.2, 0) is 6.54 Å². The SMILES string of the molecule is C=CCCCN(C)C(=NCc1ccc(OCCO)c(OC)c1)NCC.I. The quantitative estimate of drug-likeness (QED) is 0.169. The first kappa shape index (κ1) is 24.5. The molecule has 0 heterocycles. The lowest BCUT2D eigenvalue weighted by molar-refractivity contribution is 0.196. The minimum Gasteiger partial charge on any atom is -0.493 e. The number of hydrogen-bond acceptors (Lipinski definition) is 4. The molecule has 0 amide bonds. The highest BCUT2D eigenvalue weighted by Gasteiger charge is 2.08. The number of hydrogen-bond donors (Lipinski definition) is 2. The van der Waals surface area contributed by atoms with Crippen molar-refractivity contribution in [3.63, 3.8) is 0 Å². The van der Waals surface area contributed by atoms with E-state index in [1.54, 1.807) is 7.11 Å². The average molecular weight is 477 g/mol. The molecule has 0 spiro atoms. The van der Waals surface area contributed by atoms with Crippen LogP contribution in [0.2, 0.25) is 0 Å². The molecule has 26 heavy (non-hydrogen) atoms. The number of nitrogens with one attached hydrogen (secondary N) is 1. The van der Waals surface area contributed by atoms with Gasteiger partial charge < -0.3 is 24.8 Å². The third-order valence-electron chi connectivity index (χ3n) is 3.59. The van der Waals surface area contributed by atoms with Crippen molar-refractivity contribution in [2.75, 3.05) is 40.5 Å². The normalized spacial score (nSPS) is 10.7. The van der Waals surface area contributed by atoms with Crippen LogP contribution in [0, 0.1) is 0 Å². The third-order valence-corrected chi connectivity index (χ3v) is 3.59. The Labute approximate surface area is 174 Å². The first-order valence-electron chi connectivity index (χ1n) is 8.67. The highest BCUT2D eigenvalue weighted by atomic mass is 127. The zero-order chi connectivity index (χ0) is 18.5. The molecule has 0 saturated heterocycles. The Bertz CT molecular complexity index is 553. The van der Waals surface area contributed by atoms with E-state index in [2.05, 4.69) is 23.7 Å². The Balaban J connectivity index is 0.00000625. The number of benzene rings is 1. The lowest BCUT2D eigenvalue weighted by Gasteiger charge is -2.21. The summed E-state index contributed by atoms with van der Waals surface area (Å²) >= 11 is 0. The van der Waals surface area contributed by atoms with E-state index in [0.717, 1.165) is 37.5 Å². The van der Waals surface area contributed by atoms with Gasteiger partial charge in [0.05, 0.1) is 20.3 Å². The molecule has 0 saturated carbocycles. The molecule has 0 unspecified atom stereocenters. The number of unbranched alkanes of at least 4 members (excludes halogenated alkanes) is 1. The van der Waals surface area contributed by atoms with Crippen LogP contribution in [0.5, 0.6) is 11.5 Å². The Hall–Kier alpha value is -1.48. The van der Waals surface area contributed by atoms with Crippen molar-refractivity contribution in [1.29, 1.82) is 0 Å². The second-order valence-corrected chi connectivity index (χ2v) is 5.58. The summed E-state index contributed by atoms with van der Waals surface area (Å²) in [6.45, 7) is 8.32. The van der Waals surface area contributed by atoms with Crippen molar-refractivity contribution in [3.8, 4) is 11.5 Å². The van der Waals surface area contributed by atoms with Crippen LogP contribution in [0.1, 0.15) is 25.3 Å². The van der Waals surface area contributed by atoms with Gasteiger partial charge in [0.15, 0.2) is 17.5 Å². The number of guanidine groups is 1. The Morgan fingerprint density at radius 2 is 2.15 bits per heavy atom. The molecule has 0 bridgehead atoms. The molecular formula is C19H32IN3O3. The summed E-state index contributed by atoms with van der Waals surface area (Å²) in [6.07, 6.45) is 3.98. The molecule has 1 aromatic rings. The van der Waals surface area contributed by atoms with Gasteiger partial charge in [-0.3, -0.25) is 0 Å². The van der Waals surface area contributed by atoms with Gasteiger partial charge in [-0.2, -0.15) is 0 Å². The highest BCUT2D eigenvalue weighted by Crippen LogP contribution is 2.28. The van der Waals surface area contributed by atoms with Crippen LogP contribution >= 0.6 is 24.0 Å². The lowest BCUT2D eigenvalue weighted by atomic mass is 10.2. The number of rotatable bonds is 11. The lowest BCUT2D eigenvalue weighted by Crippen LogP contribution is -2.39. The molecule has 7 heteroatoms. The van der Waals surface area contributed by atoms with Crippen LogP contribution in [0.15, 0.2) is 35.8 Å². The number of methoxy groups -OCH3 is 1. The van der Waals surface area contributed by atoms with Crippen LogP contribution in [0.3, 0.4) is 0 Å². The zero-order valence-corrected chi connectivity index (χ0v) is 18.4. The monoisotopic (exact) mass is 477 g/mol. The van der Waals surface area contributed by atoms with Gasteiger partial charge in [0.1, 0.15) is 6.61 Å². The summed E-state index contributed by atoms with van der Waals surface area (Å²) in [5, 5.41) is 12.2. The number of ether oxygens (including phenoxy) is 2. The first-order valence-corrected chi connectivity index (χ1v) is 8.67. The number of halogens is 1. The molecule has 0 aliphatic rings. The van der Waals surface area contributed by atoms with E-state index in [1.165, 1.54) is 0 Å². The van der Waals surface area contributed by atoms with E-state index in [0.29, 0.717) is 18.0 Å². The molecule has 0 radical (unpaired) electrons. The summed E-state index contributed by atoms with van der Waals surface area (Å²) in [6, 6.07) is 5.72. The molecule has 0 fully saturated rings. The van der Waals surface area contributed by atoms with Gasteiger partial charge in [-0.15, -0.1) is 30.6 Å². The molecule has 0 aliphatic carbocycles. The van der Waals surface area contributed by atoms with Crippen LogP contribution < -0.4 is 14.8 Å². The molecular weight excluding hydrogens is 445 g/mol. The maximum atomic E-state index is 8.87. The van der Waals surface area contributed by atoms with E-state index in [1.807, 2.05) is 31.3 Å². The number of nitrogens with zero attached hydrogens (tertiary/aromatic N) is 2. The summed E-state index contributed by atoms with van der Waals surface area (Å²) in [7, 11) is 3.64. The summed E-state index contributed by atoms with van der Waals surface area (Å²) in [4.78, 5) is 6.83. The summed E-state index contributed by atoms with van der Waals surface area (Å²) < 4.78 is 10.8. The van der Waals surface area contributed by atoms with Crippen LogP contribution in [-0.4, -0.2) is 56.4 Å². The minimum absolute atomic E-state index is 0. The van der Waals surface area contributed by atoms with Crippen molar-refractivity contribution in [3.05, 3.63) is 36.4 Å². The maximum absolute atomic E-state index is 8.87. The standard InChI is InChI=1S/C19H31N3O3.HI/c1-5-7-8-11-22(3)19(20-6-2)21-15-16-9-10-17(25-13-12-23)18(14-16)24-4;/h5,9-10,14,23H,1,6-8,11-13,15H2,2-4H3,(H,20,21);1H. The molecule has 2 N–H and O–H groups in total. The predicted molar refractivity (Wildman–Crippen MR) is 118 cm³/mol. The van der Waals surface area contributed by atoms with Gasteiger partial charge in [-0.25, -0.2) is 4.99 Å². The fourth-order valence-electron chi connectivity index (χ4n) is 2.30. The smallest absolute Gasteiger partial charge is 0.193 e.